The van der Waals surface area contributed by atoms with Gasteiger partial charge in [-0.3, -0.25) is 14.5 Å². The first-order chi connectivity index (χ1) is 15.9. The molecule has 4 rings (SSSR count). The van der Waals surface area contributed by atoms with Gasteiger partial charge in [0, 0.05) is 51.1 Å². The first-order valence-electron chi connectivity index (χ1n) is 10.8. The van der Waals surface area contributed by atoms with E-state index >= 15 is 0 Å². The highest BCUT2D eigenvalue weighted by atomic mass is 19.1. The summed E-state index contributed by atoms with van der Waals surface area (Å²) in [6.07, 6.45) is 4.00. The van der Waals surface area contributed by atoms with Crippen LogP contribution in [0.1, 0.15) is 12.6 Å². The van der Waals surface area contributed by atoms with E-state index in [0.29, 0.717) is 37.6 Å². The molecule has 3 heterocycles. The molecular weight excluding hydrogens is 429 g/mol. The highest BCUT2D eigenvalue weighted by Crippen LogP contribution is 2.28. The lowest BCUT2D eigenvalue weighted by atomic mass is 10.2. The Hall–Kier alpha value is -3.82. The molecule has 2 aliphatic rings. The zero-order chi connectivity index (χ0) is 23.4. The number of halogens is 1. The number of anilines is 2. The van der Waals surface area contributed by atoms with Gasteiger partial charge in [0.05, 0.1) is 24.5 Å². The van der Waals surface area contributed by atoms with Crippen molar-refractivity contribution in [1.82, 2.24) is 15.2 Å². The van der Waals surface area contributed by atoms with E-state index in [1.54, 1.807) is 29.3 Å². The molecule has 1 unspecified atom stereocenters. The van der Waals surface area contributed by atoms with Crippen molar-refractivity contribution >= 4 is 35.4 Å². The molecule has 2 fully saturated rings. The van der Waals surface area contributed by atoms with Gasteiger partial charge in [0.25, 0.3) is 0 Å². The van der Waals surface area contributed by atoms with Crippen LogP contribution in [0, 0.1) is 5.82 Å². The lowest BCUT2D eigenvalue weighted by molar-refractivity contribution is -0.126. The van der Waals surface area contributed by atoms with Crippen molar-refractivity contribution in [3.05, 3.63) is 54.1 Å². The van der Waals surface area contributed by atoms with E-state index in [0.717, 1.165) is 5.69 Å². The Labute approximate surface area is 190 Å². The second kappa shape index (κ2) is 9.76. The third-order valence-electron chi connectivity index (χ3n) is 5.66. The summed E-state index contributed by atoms with van der Waals surface area (Å²) in [7, 11) is 0. The largest absolute Gasteiger partial charge is 0.442 e. The van der Waals surface area contributed by atoms with Gasteiger partial charge in [-0.05, 0) is 36.4 Å². The molecule has 1 aromatic carbocycles. The Morgan fingerprint density at radius 3 is 2.70 bits per heavy atom. The Kier molecular flexibility index (Phi) is 6.62. The van der Waals surface area contributed by atoms with Crippen molar-refractivity contribution in [2.45, 2.75) is 13.0 Å². The van der Waals surface area contributed by atoms with Crippen LogP contribution in [-0.4, -0.2) is 73.2 Å². The van der Waals surface area contributed by atoms with Crippen LogP contribution in [0.5, 0.6) is 0 Å². The fraction of sp³-hybridized carbons (Fsp3) is 0.348. The van der Waals surface area contributed by atoms with Crippen molar-refractivity contribution < 1.29 is 23.5 Å². The number of carbonyl (C=O) groups excluding carboxylic acids is 3. The molecule has 2 aromatic rings. The minimum Gasteiger partial charge on any atom is -0.442 e. The van der Waals surface area contributed by atoms with E-state index in [-0.39, 0.29) is 24.9 Å². The number of ether oxygens (including phenoxy) is 1. The van der Waals surface area contributed by atoms with Gasteiger partial charge in [0.15, 0.2) is 0 Å². The van der Waals surface area contributed by atoms with E-state index in [1.165, 1.54) is 24.0 Å². The number of benzene rings is 1. The number of amides is 3. The number of carbonyl (C=O) groups is 3. The van der Waals surface area contributed by atoms with Gasteiger partial charge in [-0.15, -0.1) is 0 Å². The van der Waals surface area contributed by atoms with Crippen LogP contribution in [0.2, 0.25) is 0 Å². The van der Waals surface area contributed by atoms with Gasteiger partial charge in [-0.2, -0.15) is 0 Å². The minimum atomic E-state index is -0.572. The van der Waals surface area contributed by atoms with Crippen molar-refractivity contribution in [3.63, 3.8) is 0 Å². The second-order valence-electron chi connectivity index (χ2n) is 7.96. The molecule has 0 spiro atoms. The smallest absolute Gasteiger partial charge is 0.414 e. The zero-order valence-electron chi connectivity index (χ0n) is 18.3. The summed E-state index contributed by atoms with van der Waals surface area (Å²) in [6, 6.07) is 8.37. The highest BCUT2D eigenvalue weighted by molar-refractivity contribution is 5.92. The van der Waals surface area contributed by atoms with Crippen LogP contribution in [0.25, 0.3) is 6.08 Å². The van der Waals surface area contributed by atoms with Crippen molar-refractivity contribution in [2.75, 3.05) is 49.1 Å². The van der Waals surface area contributed by atoms with Gasteiger partial charge in [-0.25, -0.2) is 9.18 Å². The summed E-state index contributed by atoms with van der Waals surface area (Å²) < 4.78 is 20.2. The predicted octanol–water partition coefficient (Wildman–Crippen LogP) is 1.98. The molecule has 0 aliphatic carbocycles. The van der Waals surface area contributed by atoms with Gasteiger partial charge in [0.2, 0.25) is 11.8 Å². The van der Waals surface area contributed by atoms with Gasteiger partial charge >= 0.3 is 6.09 Å². The van der Waals surface area contributed by atoms with Crippen molar-refractivity contribution in [2.24, 2.45) is 0 Å². The quantitative estimate of drug-likeness (QED) is 0.649. The maximum Gasteiger partial charge on any atom is 0.414 e. The highest BCUT2D eigenvalue weighted by Gasteiger charge is 2.33. The standard InChI is InChI=1S/C23H26FN5O4/c1-16(30)26-14-19-15-29(23(32)33-19)18-5-6-21(20(24)13-18)27-9-11-28(12-10-27)22(31)7-4-17-3-2-8-25-17/h2-8,13,19,25H,9-12,14-15H2,1H3,(H,26,30)/b7-4-. The molecule has 2 N–H and O–H groups in total. The van der Waals surface area contributed by atoms with Crippen LogP contribution in [0.15, 0.2) is 42.6 Å². The number of aromatic nitrogens is 1. The number of hydrogen-bond donors (Lipinski definition) is 2. The number of cyclic esters (lactones) is 1. The summed E-state index contributed by atoms with van der Waals surface area (Å²) in [6.45, 7) is 3.80. The number of piperazine rings is 1. The molecular formula is C23H26FN5O4. The molecule has 0 saturated carbocycles. The number of aromatic amines is 1. The SMILES string of the molecule is CC(=O)NCC1CN(c2ccc(N3CCN(C(=O)/C=C\c4ccc[nH]4)CC3)c(F)c2)C(=O)O1. The summed E-state index contributed by atoms with van der Waals surface area (Å²) >= 11 is 0. The van der Waals surface area contributed by atoms with E-state index in [1.807, 2.05) is 17.0 Å². The Morgan fingerprint density at radius 2 is 2.03 bits per heavy atom. The topological polar surface area (TPSA) is 98.0 Å². The number of rotatable bonds is 6. The molecule has 9 nitrogen and oxygen atoms in total. The summed E-state index contributed by atoms with van der Waals surface area (Å²) in [5.41, 5.74) is 1.68. The lowest BCUT2D eigenvalue weighted by Crippen LogP contribution is -2.48. The first-order valence-corrected chi connectivity index (χ1v) is 10.8. The molecule has 3 amide bonds. The fourth-order valence-electron chi connectivity index (χ4n) is 3.90. The molecule has 174 valence electrons. The number of H-pyrrole nitrogens is 1. The number of nitrogens with one attached hydrogen (secondary N) is 2. The van der Waals surface area contributed by atoms with E-state index in [4.69, 9.17) is 4.74 Å². The molecule has 1 aromatic heterocycles. The monoisotopic (exact) mass is 455 g/mol. The third kappa shape index (κ3) is 5.33. The molecule has 0 radical (unpaired) electrons. The summed E-state index contributed by atoms with van der Waals surface area (Å²) in [4.78, 5) is 43.6. The van der Waals surface area contributed by atoms with Crippen LogP contribution in [0.3, 0.4) is 0 Å². The van der Waals surface area contributed by atoms with Gasteiger partial charge in [-0.1, -0.05) is 0 Å². The molecule has 2 aliphatic heterocycles. The molecule has 33 heavy (non-hydrogen) atoms. The Balaban J connectivity index is 1.34. The van der Waals surface area contributed by atoms with E-state index < -0.39 is 18.0 Å². The van der Waals surface area contributed by atoms with Gasteiger partial charge in [0.1, 0.15) is 11.9 Å². The average Bonchev–Trinajstić information content (AvgIpc) is 3.45. The predicted molar refractivity (Wildman–Crippen MR) is 121 cm³/mol. The fourth-order valence-corrected chi connectivity index (χ4v) is 3.90. The average molecular weight is 455 g/mol. The summed E-state index contributed by atoms with van der Waals surface area (Å²) in [5.74, 6) is -0.739. The van der Waals surface area contributed by atoms with Gasteiger partial charge < -0.3 is 24.8 Å². The van der Waals surface area contributed by atoms with Crippen molar-refractivity contribution in [3.8, 4) is 0 Å². The third-order valence-corrected chi connectivity index (χ3v) is 5.66. The van der Waals surface area contributed by atoms with Crippen LogP contribution < -0.4 is 15.1 Å². The summed E-state index contributed by atoms with van der Waals surface area (Å²) in [5, 5.41) is 2.61. The van der Waals surface area contributed by atoms with Crippen LogP contribution in [0.4, 0.5) is 20.6 Å². The minimum absolute atomic E-state index is 0.0820. The van der Waals surface area contributed by atoms with Crippen LogP contribution in [-0.2, 0) is 14.3 Å². The Bertz CT molecular complexity index is 1050. The Morgan fingerprint density at radius 1 is 1.24 bits per heavy atom. The second-order valence-corrected chi connectivity index (χ2v) is 7.96. The molecule has 2 saturated heterocycles. The maximum absolute atomic E-state index is 14.9. The number of nitrogens with zero attached hydrogens (tertiary/aromatic N) is 3. The lowest BCUT2D eigenvalue weighted by Gasteiger charge is -2.36. The van der Waals surface area contributed by atoms with E-state index in [2.05, 4.69) is 10.3 Å². The maximum atomic E-state index is 14.9. The molecule has 1 atom stereocenters. The zero-order valence-corrected chi connectivity index (χ0v) is 18.3. The molecule has 0 bridgehead atoms. The number of hydrogen-bond acceptors (Lipinski definition) is 5. The molecule has 10 heteroatoms. The first kappa shape index (κ1) is 22.4. The van der Waals surface area contributed by atoms with E-state index in [9.17, 15) is 18.8 Å². The normalized spacial score (nSPS) is 18.7. The van der Waals surface area contributed by atoms with Crippen molar-refractivity contribution in [1.29, 1.82) is 0 Å². The van der Waals surface area contributed by atoms with Crippen LogP contribution >= 0.6 is 0 Å².